The predicted octanol–water partition coefficient (Wildman–Crippen LogP) is 4.37. The van der Waals surface area contributed by atoms with Crippen molar-refractivity contribution in [2.45, 2.75) is 38.1 Å². The van der Waals surface area contributed by atoms with Crippen molar-refractivity contribution in [2.75, 3.05) is 13.7 Å². The van der Waals surface area contributed by atoms with Crippen molar-refractivity contribution >= 4 is 11.6 Å². The standard InChI is InChI=1S/C21H23FN2O4/c1-28-20-11-8-16(14-19(20)24(26)27)21(25)23(18-4-2-3-5-18)13-12-15-6-9-17(22)10-7-15/h6-11,14,18H,2-5,12-13H2,1H3. The summed E-state index contributed by atoms with van der Waals surface area (Å²) in [5.74, 6) is -0.391. The van der Waals surface area contributed by atoms with E-state index in [1.54, 1.807) is 18.2 Å². The van der Waals surface area contributed by atoms with E-state index in [0.29, 0.717) is 13.0 Å². The van der Waals surface area contributed by atoms with Crippen molar-refractivity contribution in [3.05, 3.63) is 69.5 Å². The number of rotatable bonds is 7. The summed E-state index contributed by atoms with van der Waals surface area (Å²) in [4.78, 5) is 25.7. The van der Waals surface area contributed by atoms with E-state index in [9.17, 15) is 19.3 Å². The molecule has 0 bridgehead atoms. The van der Waals surface area contributed by atoms with Crippen molar-refractivity contribution in [3.63, 3.8) is 0 Å². The lowest BCUT2D eigenvalue weighted by atomic mass is 10.1. The first-order valence-electron chi connectivity index (χ1n) is 9.37. The zero-order valence-electron chi connectivity index (χ0n) is 15.8. The summed E-state index contributed by atoms with van der Waals surface area (Å²) in [6.45, 7) is 0.481. The van der Waals surface area contributed by atoms with Crippen LogP contribution in [0.2, 0.25) is 0 Å². The topological polar surface area (TPSA) is 72.7 Å². The molecule has 0 N–H and O–H groups in total. The fourth-order valence-electron chi connectivity index (χ4n) is 3.70. The van der Waals surface area contributed by atoms with Gasteiger partial charge in [0.2, 0.25) is 0 Å². The maximum Gasteiger partial charge on any atom is 0.311 e. The highest BCUT2D eigenvalue weighted by Crippen LogP contribution is 2.30. The normalized spacial score (nSPS) is 14.1. The highest BCUT2D eigenvalue weighted by atomic mass is 19.1. The molecule has 0 radical (unpaired) electrons. The molecule has 0 spiro atoms. The van der Waals surface area contributed by atoms with Gasteiger partial charge in [-0.25, -0.2) is 4.39 Å². The van der Waals surface area contributed by atoms with Gasteiger partial charge in [-0.1, -0.05) is 25.0 Å². The van der Waals surface area contributed by atoms with Crippen LogP contribution in [-0.4, -0.2) is 35.4 Å². The van der Waals surface area contributed by atoms with E-state index < -0.39 is 4.92 Å². The third-order valence-corrected chi connectivity index (χ3v) is 5.20. The molecule has 1 saturated carbocycles. The number of halogens is 1. The van der Waals surface area contributed by atoms with E-state index in [0.717, 1.165) is 31.2 Å². The third-order valence-electron chi connectivity index (χ3n) is 5.20. The molecule has 0 heterocycles. The largest absolute Gasteiger partial charge is 0.490 e. The molecule has 1 amide bonds. The van der Waals surface area contributed by atoms with E-state index in [4.69, 9.17) is 4.74 Å². The number of hydrogen-bond acceptors (Lipinski definition) is 4. The zero-order valence-corrected chi connectivity index (χ0v) is 15.8. The maximum absolute atomic E-state index is 13.2. The van der Waals surface area contributed by atoms with Gasteiger partial charge < -0.3 is 9.64 Å². The van der Waals surface area contributed by atoms with Gasteiger partial charge in [0.15, 0.2) is 5.75 Å². The molecule has 6 nitrogen and oxygen atoms in total. The van der Waals surface area contributed by atoms with Gasteiger partial charge in [0.25, 0.3) is 5.91 Å². The lowest BCUT2D eigenvalue weighted by molar-refractivity contribution is -0.385. The third kappa shape index (κ3) is 4.47. The second-order valence-corrected chi connectivity index (χ2v) is 6.96. The minimum absolute atomic E-state index is 0.120. The summed E-state index contributed by atoms with van der Waals surface area (Å²) in [5.41, 5.74) is 0.995. The summed E-state index contributed by atoms with van der Waals surface area (Å²) in [7, 11) is 1.36. The van der Waals surface area contributed by atoms with Crippen molar-refractivity contribution in [1.82, 2.24) is 4.90 Å². The number of nitro groups is 1. The Kier molecular flexibility index (Phi) is 6.23. The van der Waals surface area contributed by atoms with Crippen LogP contribution in [0.1, 0.15) is 41.6 Å². The van der Waals surface area contributed by atoms with Gasteiger partial charge in [-0.3, -0.25) is 14.9 Å². The van der Waals surface area contributed by atoms with Gasteiger partial charge in [-0.2, -0.15) is 0 Å². The van der Waals surface area contributed by atoms with E-state index in [2.05, 4.69) is 0 Å². The first kappa shape index (κ1) is 19.8. The lowest BCUT2D eigenvalue weighted by Gasteiger charge is -2.29. The molecule has 0 aromatic heterocycles. The number of amides is 1. The molecule has 0 unspecified atom stereocenters. The molecule has 0 aliphatic heterocycles. The van der Waals surface area contributed by atoms with Crippen LogP contribution >= 0.6 is 0 Å². The first-order chi connectivity index (χ1) is 13.5. The monoisotopic (exact) mass is 386 g/mol. The van der Waals surface area contributed by atoms with E-state index >= 15 is 0 Å². The average molecular weight is 386 g/mol. The highest BCUT2D eigenvalue weighted by molar-refractivity contribution is 5.95. The summed E-state index contributed by atoms with van der Waals surface area (Å²) in [6.07, 6.45) is 4.57. The number of benzene rings is 2. The maximum atomic E-state index is 13.2. The number of ether oxygens (including phenoxy) is 1. The number of nitrogens with zero attached hydrogens (tertiary/aromatic N) is 2. The minimum Gasteiger partial charge on any atom is -0.490 e. The Morgan fingerprint density at radius 2 is 1.89 bits per heavy atom. The van der Waals surface area contributed by atoms with Gasteiger partial charge in [-0.05, 0) is 49.1 Å². The molecule has 0 atom stereocenters. The Bertz CT molecular complexity index is 848. The quantitative estimate of drug-likeness (QED) is 0.523. The molecular weight excluding hydrogens is 363 g/mol. The number of methoxy groups -OCH3 is 1. The van der Waals surface area contributed by atoms with Crippen LogP contribution < -0.4 is 4.74 Å². The van der Waals surface area contributed by atoms with Gasteiger partial charge >= 0.3 is 5.69 Å². The van der Waals surface area contributed by atoms with Crippen LogP contribution in [0.15, 0.2) is 42.5 Å². The zero-order chi connectivity index (χ0) is 20.1. The number of carbonyl (C=O) groups excluding carboxylic acids is 1. The van der Waals surface area contributed by atoms with Gasteiger partial charge in [0.1, 0.15) is 5.82 Å². The Labute approximate surface area is 163 Å². The predicted molar refractivity (Wildman–Crippen MR) is 103 cm³/mol. The van der Waals surface area contributed by atoms with E-state index in [1.165, 1.54) is 31.4 Å². The fraction of sp³-hybridized carbons (Fsp3) is 0.381. The fourth-order valence-corrected chi connectivity index (χ4v) is 3.70. The molecule has 1 aliphatic carbocycles. The van der Waals surface area contributed by atoms with Gasteiger partial charge in [0, 0.05) is 24.2 Å². The molecule has 1 fully saturated rings. The molecule has 1 aliphatic rings. The highest BCUT2D eigenvalue weighted by Gasteiger charge is 2.28. The Hall–Kier alpha value is -2.96. The van der Waals surface area contributed by atoms with Crippen molar-refractivity contribution in [3.8, 4) is 5.75 Å². The summed E-state index contributed by atoms with van der Waals surface area (Å²) in [6, 6.07) is 10.7. The Morgan fingerprint density at radius 3 is 2.50 bits per heavy atom. The van der Waals surface area contributed by atoms with Crippen molar-refractivity contribution in [1.29, 1.82) is 0 Å². The minimum atomic E-state index is -0.548. The van der Waals surface area contributed by atoms with Crippen LogP contribution in [0, 0.1) is 15.9 Å². The Morgan fingerprint density at radius 1 is 1.21 bits per heavy atom. The first-order valence-corrected chi connectivity index (χ1v) is 9.37. The van der Waals surface area contributed by atoms with Crippen LogP contribution in [0.5, 0.6) is 5.75 Å². The summed E-state index contributed by atoms with van der Waals surface area (Å²) in [5, 5.41) is 11.3. The number of nitro benzene ring substituents is 1. The molecule has 28 heavy (non-hydrogen) atoms. The smallest absolute Gasteiger partial charge is 0.311 e. The van der Waals surface area contributed by atoms with E-state index in [1.807, 2.05) is 4.90 Å². The lowest BCUT2D eigenvalue weighted by Crippen LogP contribution is -2.40. The molecule has 2 aromatic rings. The van der Waals surface area contributed by atoms with Crippen LogP contribution in [0.3, 0.4) is 0 Å². The summed E-state index contributed by atoms with van der Waals surface area (Å²) >= 11 is 0. The van der Waals surface area contributed by atoms with Gasteiger partial charge in [-0.15, -0.1) is 0 Å². The SMILES string of the molecule is COc1ccc(C(=O)N(CCc2ccc(F)cc2)C2CCCC2)cc1[N+](=O)[O-]. The van der Waals surface area contributed by atoms with E-state index in [-0.39, 0.29) is 34.8 Å². The molecular formula is C21H23FN2O4. The van der Waals surface area contributed by atoms with Crippen LogP contribution in [0.25, 0.3) is 0 Å². The second kappa shape index (κ2) is 8.82. The van der Waals surface area contributed by atoms with Gasteiger partial charge in [0.05, 0.1) is 12.0 Å². The summed E-state index contributed by atoms with van der Waals surface area (Å²) < 4.78 is 18.1. The van der Waals surface area contributed by atoms with Crippen LogP contribution in [0.4, 0.5) is 10.1 Å². The number of carbonyl (C=O) groups is 1. The molecule has 3 rings (SSSR count). The Balaban J connectivity index is 1.83. The number of hydrogen-bond donors (Lipinski definition) is 0. The van der Waals surface area contributed by atoms with Crippen molar-refractivity contribution < 1.29 is 18.8 Å². The molecule has 0 saturated heterocycles. The van der Waals surface area contributed by atoms with Crippen molar-refractivity contribution in [2.24, 2.45) is 0 Å². The second-order valence-electron chi connectivity index (χ2n) is 6.96. The molecule has 7 heteroatoms. The molecule has 148 valence electrons. The molecule has 2 aromatic carbocycles. The van der Waals surface area contributed by atoms with Crippen LogP contribution in [-0.2, 0) is 6.42 Å². The average Bonchev–Trinajstić information content (AvgIpc) is 3.23.